The fraction of sp³-hybridized carbons (Fsp3) is 0.235. The van der Waals surface area contributed by atoms with Gasteiger partial charge in [-0.25, -0.2) is 12.8 Å². The summed E-state index contributed by atoms with van der Waals surface area (Å²) in [5.41, 5.74) is 2.00. The molecule has 6 heteroatoms. The van der Waals surface area contributed by atoms with Crippen molar-refractivity contribution in [3.63, 3.8) is 0 Å². The highest BCUT2D eigenvalue weighted by Gasteiger charge is 2.18. The number of sulfone groups is 1. The summed E-state index contributed by atoms with van der Waals surface area (Å²) < 4.78 is 37.1. The molecule has 0 unspecified atom stereocenters. The SMILES string of the molecule is CCc1ccc(NC(=O)CS(=O)(=O)Cc2cccc(F)c2)cc1. The van der Waals surface area contributed by atoms with Gasteiger partial charge in [0, 0.05) is 5.69 Å². The van der Waals surface area contributed by atoms with Crippen LogP contribution in [0.25, 0.3) is 0 Å². The number of benzene rings is 2. The summed E-state index contributed by atoms with van der Waals surface area (Å²) in [6.45, 7) is 2.02. The maximum absolute atomic E-state index is 13.1. The van der Waals surface area contributed by atoms with Crippen LogP contribution in [0.15, 0.2) is 48.5 Å². The normalized spacial score (nSPS) is 11.2. The van der Waals surface area contributed by atoms with Gasteiger partial charge < -0.3 is 5.32 Å². The van der Waals surface area contributed by atoms with Crippen molar-refractivity contribution < 1.29 is 17.6 Å². The number of carbonyl (C=O) groups is 1. The molecule has 1 N–H and O–H groups in total. The Morgan fingerprint density at radius 3 is 2.39 bits per heavy atom. The maximum Gasteiger partial charge on any atom is 0.239 e. The van der Waals surface area contributed by atoms with Crippen LogP contribution in [0, 0.1) is 5.82 Å². The number of anilines is 1. The smallest absolute Gasteiger partial charge is 0.239 e. The average Bonchev–Trinajstić information content (AvgIpc) is 2.46. The molecular formula is C17H18FNO3S. The first-order chi connectivity index (χ1) is 10.9. The van der Waals surface area contributed by atoms with E-state index in [0.717, 1.165) is 18.1 Å². The number of hydrogen-bond acceptors (Lipinski definition) is 3. The monoisotopic (exact) mass is 335 g/mol. The van der Waals surface area contributed by atoms with E-state index in [4.69, 9.17) is 0 Å². The Morgan fingerprint density at radius 2 is 1.78 bits per heavy atom. The first-order valence-electron chi connectivity index (χ1n) is 7.21. The number of carbonyl (C=O) groups excluding carboxylic acids is 1. The van der Waals surface area contributed by atoms with Crippen LogP contribution in [0.1, 0.15) is 18.1 Å². The molecule has 0 radical (unpaired) electrons. The summed E-state index contributed by atoms with van der Waals surface area (Å²) in [5.74, 6) is -2.12. The summed E-state index contributed by atoms with van der Waals surface area (Å²) in [6, 6.07) is 12.6. The van der Waals surface area contributed by atoms with Crippen molar-refractivity contribution >= 4 is 21.4 Å². The summed E-state index contributed by atoms with van der Waals surface area (Å²) in [7, 11) is -3.66. The van der Waals surface area contributed by atoms with Crippen molar-refractivity contribution in [2.45, 2.75) is 19.1 Å². The third-order valence-electron chi connectivity index (χ3n) is 3.27. The van der Waals surface area contributed by atoms with Gasteiger partial charge in [-0.2, -0.15) is 0 Å². The number of amides is 1. The van der Waals surface area contributed by atoms with Gasteiger partial charge in [0.2, 0.25) is 5.91 Å². The van der Waals surface area contributed by atoms with Crippen LogP contribution in [-0.4, -0.2) is 20.1 Å². The molecule has 0 saturated heterocycles. The standard InChI is InChI=1S/C17H18FNO3S/c1-2-13-6-8-16(9-7-13)19-17(20)12-23(21,22)11-14-4-3-5-15(18)10-14/h3-10H,2,11-12H2,1H3,(H,19,20). The lowest BCUT2D eigenvalue weighted by Gasteiger charge is -2.07. The Balaban J connectivity index is 1.97. The van der Waals surface area contributed by atoms with Crippen LogP contribution < -0.4 is 5.32 Å². The topological polar surface area (TPSA) is 63.2 Å². The van der Waals surface area contributed by atoms with Crippen LogP contribution in [0.3, 0.4) is 0 Å². The Hall–Kier alpha value is -2.21. The molecule has 0 heterocycles. The molecule has 122 valence electrons. The minimum absolute atomic E-state index is 0.324. The second-order valence-corrected chi connectivity index (χ2v) is 7.33. The zero-order valence-corrected chi connectivity index (χ0v) is 13.6. The van der Waals surface area contributed by atoms with Crippen molar-refractivity contribution in [2.24, 2.45) is 0 Å². The van der Waals surface area contributed by atoms with Crippen molar-refractivity contribution in [1.29, 1.82) is 0 Å². The minimum atomic E-state index is -3.66. The third kappa shape index (κ3) is 5.49. The highest BCUT2D eigenvalue weighted by Crippen LogP contribution is 2.12. The predicted octanol–water partition coefficient (Wildman–Crippen LogP) is 2.94. The summed E-state index contributed by atoms with van der Waals surface area (Å²) in [5, 5.41) is 2.55. The Labute approximate surface area is 135 Å². The molecule has 23 heavy (non-hydrogen) atoms. The summed E-state index contributed by atoms with van der Waals surface area (Å²) in [6.07, 6.45) is 0.885. The van der Waals surface area contributed by atoms with Crippen LogP contribution in [-0.2, 0) is 26.8 Å². The second-order valence-electron chi connectivity index (χ2n) is 5.26. The Bertz CT molecular complexity index is 786. The fourth-order valence-electron chi connectivity index (χ4n) is 2.15. The molecule has 0 fully saturated rings. The van der Waals surface area contributed by atoms with Gasteiger partial charge in [0.1, 0.15) is 11.6 Å². The van der Waals surface area contributed by atoms with Gasteiger partial charge in [-0.15, -0.1) is 0 Å². The number of nitrogens with one attached hydrogen (secondary N) is 1. The van der Waals surface area contributed by atoms with Gasteiger partial charge in [-0.05, 0) is 41.8 Å². The zero-order chi connectivity index (χ0) is 16.9. The van der Waals surface area contributed by atoms with E-state index in [2.05, 4.69) is 5.32 Å². The Kier molecular flexibility index (Phi) is 5.50. The predicted molar refractivity (Wildman–Crippen MR) is 88.3 cm³/mol. The Morgan fingerprint density at radius 1 is 1.09 bits per heavy atom. The number of hydrogen-bond donors (Lipinski definition) is 1. The molecular weight excluding hydrogens is 317 g/mol. The van der Waals surface area contributed by atoms with E-state index in [1.165, 1.54) is 18.2 Å². The van der Waals surface area contributed by atoms with Crippen molar-refractivity contribution in [2.75, 3.05) is 11.1 Å². The van der Waals surface area contributed by atoms with E-state index in [1.807, 2.05) is 19.1 Å². The van der Waals surface area contributed by atoms with Gasteiger partial charge in [-0.3, -0.25) is 4.79 Å². The largest absolute Gasteiger partial charge is 0.325 e. The zero-order valence-electron chi connectivity index (χ0n) is 12.8. The average molecular weight is 335 g/mol. The molecule has 0 bridgehead atoms. The molecule has 0 saturated carbocycles. The lowest BCUT2D eigenvalue weighted by Crippen LogP contribution is -2.24. The van der Waals surface area contributed by atoms with Crippen molar-refractivity contribution in [1.82, 2.24) is 0 Å². The molecule has 4 nitrogen and oxygen atoms in total. The minimum Gasteiger partial charge on any atom is -0.325 e. The van der Waals surface area contributed by atoms with Gasteiger partial charge in [-0.1, -0.05) is 31.2 Å². The molecule has 0 aromatic heterocycles. The first kappa shape index (κ1) is 17.1. The van der Waals surface area contributed by atoms with Gasteiger partial charge in [0.15, 0.2) is 9.84 Å². The number of rotatable bonds is 6. The molecule has 2 aromatic rings. The molecule has 0 spiro atoms. The highest BCUT2D eigenvalue weighted by molar-refractivity contribution is 7.91. The first-order valence-corrected chi connectivity index (χ1v) is 9.04. The fourth-order valence-corrected chi connectivity index (χ4v) is 3.41. The molecule has 0 atom stereocenters. The molecule has 1 amide bonds. The van der Waals surface area contributed by atoms with E-state index < -0.39 is 27.3 Å². The quantitative estimate of drug-likeness (QED) is 0.883. The maximum atomic E-state index is 13.1. The van der Waals surface area contributed by atoms with E-state index in [1.54, 1.807) is 12.1 Å². The lowest BCUT2D eigenvalue weighted by molar-refractivity contribution is -0.113. The van der Waals surface area contributed by atoms with Crippen molar-refractivity contribution in [3.05, 3.63) is 65.5 Å². The number of halogens is 1. The van der Waals surface area contributed by atoms with Crippen LogP contribution in [0.5, 0.6) is 0 Å². The lowest BCUT2D eigenvalue weighted by atomic mass is 10.1. The third-order valence-corrected chi connectivity index (χ3v) is 4.75. The van der Waals surface area contributed by atoms with Crippen LogP contribution in [0.4, 0.5) is 10.1 Å². The van der Waals surface area contributed by atoms with Gasteiger partial charge >= 0.3 is 0 Å². The van der Waals surface area contributed by atoms with E-state index in [-0.39, 0.29) is 5.75 Å². The van der Waals surface area contributed by atoms with E-state index >= 15 is 0 Å². The van der Waals surface area contributed by atoms with Crippen LogP contribution in [0.2, 0.25) is 0 Å². The van der Waals surface area contributed by atoms with Crippen LogP contribution >= 0.6 is 0 Å². The van der Waals surface area contributed by atoms with Gasteiger partial charge in [0.05, 0.1) is 5.75 Å². The summed E-state index contributed by atoms with van der Waals surface area (Å²) in [4.78, 5) is 11.9. The molecule has 0 aliphatic carbocycles. The molecule has 0 aliphatic rings. The number of aryl methyl sites for hydroxylation is 1. The summed E-state index contributed by atoms with van der Waals surface area (Å²) >= 11 is 0. The molecule has 2 rings (SSSR count). The molecule has 0 aliphatic heterocycles. The van der Waals surface area contributed by atoms with E-state index in [9.17, 15) is 17.6 Å². The van der Waals surface area contributed by atoms with Crippen molar-refractivity contribution in [3.8, 4) is 0 Å². The van der Waals surface area contributed by atoms with Gasteiger partial charge in [0.25, 0.3) is 0 Å². The van der Waals surface area contributed by atoms with E-state index in [0.29, 0.717) is 11.3 Å². The molecule has 2 aromatic carbocycles. The second kappa shape index (κ2) is 7.37. The highest BCUT2D eigenvalue weighted by atomic mass is 32.2.